The number of ether oxygens (including phenoxy) is 2. The van der Waals surface area contributed by atoms with Crippen molar-refractivity contribution in [2.24, 2.45) is 4.99 Å². The molecule has 1 N–H and O–H groups in total. The van der Waals surface area contributed by atoms with Crippen LogP contribution in [0.4, 0.5) is 5.69 Å². The van der Waals surface area contributed by atoms with Gasteiger partial charge in [0.15, 0.2) is 11.5 Å². The molecule has 4 nitrogen and oxygen atoms in total. The Bertz CT molecular complexity index is 756. The summed E-state index contributed by atoms with van der Waals surface area (Å²) < 4.78 is 11.7. The summed E-state index contributed by atoms with van der Waals surface area (Å²) in [6.07, 6.45) is 1.65. The number of rotatable bonds is 2. The molecule has 22 heavy (non-hydrogen) atoms. The van der Waals surface area contributed by atoms with Crippen LogP contribution in [-0.4, -0.2) is 24.5 Å². The summed E-state index contributed by atoms with van der Waals surface area (Å²) >= 11 is 3.41. The Labute approximate surface area is 137 Å². The Morgan fingerprint density at radius 3 is 2.64 bits per heavy atom. The first kappa shape index (κ1) is 14.9. The van der Waals surface area contributed by atoms with E-state index in [0.717, 1.165) is 22.6 Å². The molecule has 0 fully saturated rings. The predicted molar refractivity (Wildman–Crippen MR) is 90.0 cm³/mol. The van der Waals surface area contributed by atoms with Gasteiger partial charge in [0.1, 0.15) is 19.0 Å². The highest BCUT2D eigenvalue weighted by atomic mass is 79.9. The molecule has 0 atom stereocenters. The summed E-state index contributed by atoms with van der Waals surface area (Å²) in [6.45, 7) is 5.08. The standard InChI is InChI=1S/C17H16BrNO3/c1-10-7-12(17(20)16(18)11(10)2)9-19-13-3-4-14-15(8-13)22-6-5-21-14/h3-4,7-9,20H,5-6H2,1-2H3. The minimum Gasteiger partial charge on any atom is -0.506 e. The molecule has 1 aliphatic heterocycles. The lowest BCUT2D eigenvalue weighted by Gasteiger charge is -2.18. The van der Waals surface area contributed by atoms with Gasteiger partial charge >= 0.3 is 0 Å². The number of nitrogens with zero attached hydrogens (tertiary/aromatic N) is 1. The van der Waals surface area contributed by atoms with Crippen LogP contribution >= 0.6 is 15.9 Å². The van der Waals surface area contributed by atoms with E-state index in [4.69, 9.17) is 9.47 Å². The molecule has 0 bridgehead atoms. The van der Waals surface area contributed by atoms with Crippen molar-refractivity contribution in [3.8, 4) is 17.2 Å². The van der Waals surface area contributed by atoms with Gasteiger partial charge < -0.3 is 14.6 Å². The average Bonchev–Trinajstić information content (AvgIpc) is 2.55. The van der Waals surface area contributed by atoms with Gasteiger partial charge in [-0.15, -0.1) is 0 Å². The smallest absolute Gasteiger partial charge is 0.163 e. The molecule has 5 heteroatoms. The van der Waals surface area contributed by atoms with Crippen molar-refractivity contribution in [1.82, 2.24) is 0 Å². The minimum absolute atomic E-state index is 0.199. The van der Waals surface area contributed by atoms with E-state index in [-0.39, 0.29) is 5.75 Å². The van der Waals surface area contributed by atoms with Crippen LogP contribution in [0, 0.1) is 13.8 Å². The van der Waals surface area contributed by atoms with Crippen LogP contribution in [0.2, 0.25) is 0 Å². The van der Waals surface area contributed by atoms with E-state index in [9.17, 15) is 5.11 Å². The molecule has 0 aromatic heterocycles. The molecular formula is C17H16BrNO3. The Morgan fingerprint density at radius 2 is 1.86 bits per heavy atom. The van der Waals surface area contributed by atoms with E-state index in [1.807, 2.05) is 38.1 Å². The summed E-state index contributed by atoms with van der Waals surface area (Å²) in [4.78, 5) is 4.42. The SMILES string of the molecule is Cc1cc(C=Nc2ccc3c(c2)OCCO3)c(O)c(Br)c1C. The second kappa shape index (κ2) is 6.01. The van der Waals surface area contributed by atoms with Crippen LogP contribution < -0.4 is 9.47 Å². The fourth-order valence-electron chi connectivity index (χ4n) is 2.24. The zero-order chi connectivity index (χ0) is 15.7. The van der Waals surface area contributed by atoms with Crippen molar-refractivity contribution in [3.63, 3.8) is 0 Å². The molecule has 0 radical (unpaired) electrons. The van der Waals surface area contributed by atoms with Crippen LogP contribution in [0.5, 0.6) is 17.2 Å². The topological polar surface area (TPSA) is 51.0 Å². The van der Waals surface area contributed by atoms with E-state index in [1.54, 1.807) is 6.21 Å². The fourth-order valence-corrected chi connectivity index (χ4v) is 2.78. The zero-order valence-corrected chi connectivity index (χ0v) is 14.0. The summed E-state index contributed by atoms with van der Waals surface area (Å²) in [5.74, 6) is 1.64. The van der Waals surface area contributed by atoms with Crippen molar-refractivity contribution in [3.05, 3.63) is 45.4 Å². The number of benzene rings is 2. The molecule has 0 amide bonds. The molecule has 0 aliphatic carbocycles. The Hall–Kier alpha value is -2.01. The third-order valence-corrected chi connectivity index (χ3v) is 4.62. The monoisotopic (exact) mass is 361 g/mol. The fraction of sp³-hybridized carbons (Fsp3) is 0.235. The number of aliphatic imine (C=N–C) groups is 1. The first-order chi connectivity index (χ1) is 10.6. The van der Waals surface area contributed by atoms with Gasteiger partial charge in [0, 0.05) is 17.8 Å². The molecule has 2 aromatic rings. The van der Waals surface area contributed by atoms with Crippen LogP contribution in [0.1, 0.15) is 16.7 Å². The minimum atomic E-state index is 0.199. The first-order valence-corrected chi connectivity index (χ1v) is 7.78. The third kappa shape index (κ3) is 2.81. The lowest BCUT2D eigenvalue weighted by Crippen LogP contribution is -2.14. The van der Waals surface area contributed by atoms with Gasteiger partial charge in [0.2, 0.25) is 0 Å². The molecule has 0 unspecified atom stereocenters. The van der Waals surface area contributed by atoms with Crippen molar-refractivity contribution in [2.75, 3.05) is 13.2 Å². The molecule has 1 heterocycles. The second-order valence-corrected chi connectivity index (χ2v) is 5.95. The first-order valence-electron chi connectivity index (χ1n) is 6.98. The van der Waals surface area contributed by atoms with Gasteiger partial charge in [-0.05, 0) is 59.1 Å². The van der Waals surface area contributed by atoms with Crippen molar-refractivity contribution in [2.45, 2.75) is 13.8 Å². The van der Waals surface area contributed by atoms with Gasteiger partial charge in [0.25, 0.3) is 0 Å². The number of aromatic hydroxyl groups is 1. The molecule has 0 saturated carbocycles. The molecule has 3 rings (SSSR count). The quantitative estimate of drug-likeness (QED) is 0.811. The highest BCUT2D eigenvalue weighted by Gasteiger charge is 2.12. The van der Waals surface area contributed by atoms with E-state index in [0.29, 0.717) is 29.0 Å². The number of phenols is 1. The molecule has 1 aliphatic rings. The molecule has 0 spiro atoms. The van der Waals surface area contributed by atoms with Crippen LogP contribution in [0.25, 0.3) is 0 Å². The van der Waals surface area contributed by atoms with Crippen LogP contribution in [0.3, 0.4) is 0 Å². The Balaban J connectivity index is 1.92. The molecule has 0 saturated heterocycles. The maximum Gasteiger partial charge on any atom is 0.163 e. The number of phenolic OH excluding ortho intramolecular Hbond substituents is 1. The Morgan fingerprint density at radius 1 is 1.14 bits per heavy atom. The zero-order valence-electron chi connectivity index (χ0n) is 12.4. The van der Waals surface area contributed by atoms with Gasteiger partial charge in [-0.3, -0.25) is 4.99 Å². The summed E-state index contributed by atoms with van der Waals surface area (Å²) in [5.41, 5.74) is 3.53. The van der Waals surface area contributed by atoms with E-state index < -0.39 is 0 Å². The highest BCUT2D eigenvalue weighted by molar-refractivity contribution is 9.10. The summed E-state index contributed by atoms with van der Waals surface area (Å²) in [6, 6.07) is 7.45. The van der Waals surface area contributed by atoms with Crippen molar-refractivity contribution in [1.29, 1.82) is 0 Å². The number of hydrogen-bond acceptors (Lipinski definition) is 4. The van der Waals surface area contributed by atoms with Crippen LogP contribution in [0.15, 0.2) is 33.7 Å². The summed E-state index contributed by atoms with van der Waals surface area (Å²) in [7, 11) is 0. The number of halogens is 1. The largest absolute Gasteiger partial charge is 0.506 e. The third-order valence-electron chi connectivity index (χ3n) is 3.65. The van der Waals surface area contributed by atoms with Crippen LogP contribution in [-0.2, 0) is 0 Å². The van der Waals surface area contributed by atoms with Gasteiger partial charge in [0.05, 0.1) is 10.2 Å². The second-order valence-electron chi connectivity index (χ2n) is 5.16. The van der Waals surface area contributed by atoms with Gasteiger partial charge in [-0.1, -0.05) is 0 Å². The average molecular weight is 362 g/mol. The Kier molecular flexibility index (Phi) is 4.07. The van der Waals surface area contributed by atoms with Gasteiger partial charge in [-0.25, -0.2) is 0 Å². The maximum atomic E-state index is 10.2. The van der Waals surface area contributed by atoms with E-state index in [1.165, 1.54) is 0 Å². The van der Waals surface area contributed by atoms with Crippen molar-refractivity contribution >= 4 is 27.8 Å². The van der Waals surface area contributed by atoms with Gasteiger partial charge in [-0.2, -0.15) is 0 Å². The number of fused-ring (bicyclic) bond motifs is 1. The summed E-state index contributed by atoms with van der Waals surface area (Å²) in [5, 5.41) is 10.2. The van der Waals surface area contributed by atoms with Crippen molar-refractivity contribution < 1.29 is 14.6 Å². The normalized spacial score (nSPS) is 13.6. The molecular weight excluding hydrogens is 346 g/mol. The van der Waals surface area contributed by atoms with E-state index in [2.05, 4.69) is 20.9 Å². The lowest BCUT2D eigenvalue weighted by molar-refractivity contribution is 0.171. The molecule has 114 valence electrons. The number of hydrogen-bond donors (Lipinski definition) is 1. The van der Waals surface area contributed by atoms with E-state index >= 15 is 0 Å². The lowest BCUT2D eigenvalue weighted by atomic mass is 10.1. The highest BCUT2D eigenvalue weighted by Crippen LogP contribution is 2.35. The molecule has 2 aromatic carbocycles. The number of aryl methyl sites for hydroxylation is 1. The maximum absolute atomic E-state index is 10.2. The predicted octanol–water partition coefficient (Wildman–Crippen LogP) is 4.29.